The van der Waals surface area contributed by atoms with Gasteiger partial charge in [0.25, 0.3) is 0 Å². The van der Waals surface area contributed by atoms with Gasteiger partial charge in [-0.05, 0) is 25.0 Å². The normalized spacial score (nSPS) is 23.2. The second-order valence-corrected chi connectivity index (χ2v) is 6.36. The van der Waals surface area contributed by atoms with E-state index in [-0.39, 0.29) is 5.91 Å². The fourth-order valence-electron chi connectivity index (χ4n) is 3.44. The van der Waals surface area contributed by atoms with E-state index in [0.29, 0.717) is 0 Å². The quantitative estimate of drug-likeness (QED) is 0.918. The van der Waals surface area contributed by atoms with Crippen LogP contribution in [-0.2, 0) is 11.3 Å². The molecule has 1 aliphatic heterocycles. The van der Waals surface area contributed by atoms with E-state index >= 15 is 0 Å². The molecule has 1 amide bonds. The zero-order valence-corrected chi connectivity index (χ0v) is 12.6. The highest BCUT2D eigenvalue weighted by Gasteiger charge is 2.39. The molecule has 5 heteroatoms. The number of nitrogens with zero attached hydrogens (tertiary/aromatic N) is 2. The molecule has 1 aromatic rings. The monoisotopic (exact) mass is 291 g/mol. The smallest absolute Gasteiger partial charge is 0.242 e. The number of furan rings is 1. The van der Waals surface area contributed by atoms with Crippen molar-refractivity contribution in [2.45, 2.75) is 44.2 Å². The topological polar surface area (TPSA) is 62.7 Å². The first-order valence-corrected chi connectivity index (χ1v) is 8.00. The molecule has 1 aromatic heterocycles. The fourth-order valence-corrected chi connectivity index (χ4v) is 3.44. The molecular weight excluding hydrogens is 266 g/mol. The van der Waals surface area contributed by atoms with Crippen molar-refractivity contribution in [3.63, 3.8) is 0 Å². The van der Waals surface area contributed by atoms with Crippen LogP contribution in [0.1, 0.15) is 37.9 Å². The van der Waals surface area contributed by atoms with Gasteiger partial charge in [-0.1, -0.05) is 19.3 Å². The summed E-state index contributed by atoms with van der Waals surface area (Å²) in [6.07, 6.45) is 6.78. The van der Waals surface area contributed by atoms with Crippen molar-refractivity contribution in [3.05, 3.63) is 24.2 Å². The molecule has 0 unspecified atom stereocenters. The Balaban J connectivity index is 1.52. The molecule has 1 aliphatic carbocycles. The Morgan fingerprint density at radius 2 is 1.90 bits per heavy atom. The molecule has 5 nitrogen and oxygen atoms in total. The van der Waals surface area contributed by atoms with E-state index in [1.165, 1.54) is 6.42 Å². The average molecular weight is 291 g/mol. The summed E-state index contributed by atoms with van der Waals surface area (Å²) >= 11 is 0. The van der Waals surface area contributed by atoms with E-state index in [9.17, 15) is 4.79 Å². The second kappa shape index (κ2) is 6.20. The number of hydrogen-bond donors (Lipinski definition) is 1. The maximum absolute atomic E-state index is 12.7. The van der Waals surface area contributed by atoms with E-state index in [0.717, 1.165) is 64.2 Å². The third-order valence-corrected chi connectivity index (χ3v) is 4.79. The van der Waals surface area contributed by atoms with Crippen LogP contribution in [0.4, 0.5) is 0 Å². The van der Waals surface area contributed by atoms with Gasteiger partial charge in [-0.2, -0.15) is 0 Å². The Morgan fingerprint density at radius 1 is 1.19 bits per heavy atom. The average Bonchev–Trinajstić information content (AvgIpc) is 3.01. The third-order valence-electron chi connectivity index (χ3n) is 4.79. The Labute approximate surface area is 126 Å². The van der Waals surface area contributed by atoms with Crippen LogP contribution in [0.15, 0.2) is 22.8 Å². The van der Waals surface area contributed by atoms with Crippen molar-refractivity contribution in [3.8, 4) is 0 Å². The van der Waals surface area contributed by atoms with Gasteiger partial charge in [0.05, 0.1) is 18.3 Å². The highest BCUT2D eigenvalue weighted by molar-refractivity contribution is 5.86. The van der Waals surface area contributed by atoms with Crippen LogP contribution >= 0.6 is 0 Å². The predicted octanol–water partition coefficient (Wildman–Crippen LogP) is 1.59. The SMILES string of the molecule is NC1(C(=O)N2CCN(Cc3ccco3)CC2)CCCCC1. The number of hydrogen-bond acceptors (Lipinski definition) is 4. The highest BCUT2D eigenvalue weighted by Crippen LogP contribution is 2.28. The minimum atomic E-state index is -0.596. The molecule has 2 heterocycles. The summed E-state index contributed by atoms with van der Waals surface area (Å²) in [5, 5.41) is 0. The number of piperazine rings is 1. The fraction of sp³-hybridized carbons (Fsp3) is 0.688. The largest absolute Gasteiger partial charge is 0.468 e. The van der Waals surface area contributed by atoms with E-state index in [4.69, 9.17) is 10.2 Å². The van der Waals surface area contributed by atoms with Gasteiger partial charge in [-0.25, -0.2) is 0 Å². The lowest BCUT2D eigenvalue weighted by molar-refractivity contribution is -0.140. The maximum Gasteiger partial charge on any atom is 0.242 e. The summed E-state index contributed by atoms with van der Waals surface area (Å²) in [6.45, 7) is 4.16. The van der Waals surface area contributed by atoms with Gasteiger partial charge in [-0.3, -0.25) is 9.69 Å². The Hall–Kier alpha value is -1.33. The van der Waals surface area contributed by atoms with Crippen LogP contribution in [0.5, 0.6) is 0 Å². The van der Waals surface area contributed by atoms with Gasteiger partial charge in [0.15, 0.2) is 0 Å². The van der Waals surface area contributed by atoms with Gasteiger partial charge in [0, 0.05) is 26.2 Å². The summed E-state index contributed by atoms with van der Waals surface area (Å²) in [7, 11) is 0. The summed E-state index contributed by atoms with van der Waals surface area (Å²) in [4.78, 5) is 17.0. The van der Waals surface area contributed by atoms with Crippen LogP contribution in [0.2, 0.25) is 0 Å². The Morgan fingerprint density at radius 3 is 2.52 bits per heavy atom. The van der Waals surface area contributed by atoms with Crippen molar-refractivity contribution >= 4 is 5.91 Å². The van der Waals surface area contributed by atoms with Crippen molar-refractivity contribution in [2.75, 3.05) is 26.2 Å². The van der Waals surface area contributed by atoms with Gasteiger partial charge in [0.1, 0.15) is 5.76 Å². The molecular formula is C16H25N3O2. The summed E-state index contributed by atoms with van der Waals surface area (Å²) in [6, 6.07) is 3.91. The van der Waals surface area contributed by atoms with E-state index < -0.39 is 5.54 Å². The van der Waals surface area contributed by atoms with Crippen molar-refractivity contribution in [1.29, 1.82) is 0 Å². The lowest BCUT2D eigenvalue weighted by atomic mass is 9.81. The molecule has 21 heavy (non-hydrogen) atoms. The van der Waals surface area contributed by atoms with Crippen LogP contribution in [0.3, 0.4) is 0 Å². The van der Waals surface area contributed by atoms with Crippen molar-refractivity contribution in [1.82, 2.24) is 9.80 Å². The first kappa shape index (κ1) is 14.6. The van der Waals surface area contributed by atoms with Crippen LogP contribution in [0.25, 0.3) is 0 Å². The third kappa shape index (κ3) is 3.30. The molecule has 3 rings (SSSR count). The minimum Gasteiger partial charge on any atom is -0.468 e. The number of carbonyl (C=O) groups is 1. The first-order chi connectivity index (χ1) is 10.2. The molecule has 0 atom stereocenters. The lowest BCUT2D eigenvalue weighted by Crippen LogP contribution is -2.60. The van der Waals surface area contributed by atoms with Gasteiger partial charge >= 0.3 is 0 Å². The highest BCUT2D eigenvalue weighted by atomic mass is 16.3. The molecule has 0 aromatic carbocycles. The zero-order chi connectivity index (χ0) is 14.7. The van der Waals surface area contributed by atoms with Gasteiger partial charge in [0.2, 0.25) is 5.91 Å². The molecule has 1 saturated carbocycles. The molecule has 2 aliphatic rings. The molecule has 0 spiro atoms. The number of amides is 1. The summed E-state index contributed by atoms with van der Waals surface area (Å²) < 4.78 is 5.38. The van der Waals surface area contributed by atoms with E-state index in [2.05, 4.69) is 4.90 Å². The zero-order valence-electron chi connectivity index (χ0n) is 12.6. The van der Waals surface area contributed by atoms with E-state index in [1.54, 1.807) is 6.26 Å². The molecule has 0 bridgehead atoms. The summed E-state index contributed by atoms with van der Waals surface area (Å²) in [5.41, 5.74) is 5.76. The maximum atomic E-state index is 12.7. The minimum absolute atomic E-state index is 0.167. The number of carbonyl (C=O) groups excluding carboxylic acids is 1. The molecule has 116 valence electrons. The van der Waals surface area contributed by atoms with Gasteiger partial charge in [-0.15, -0.1) is 0 Å². The molecule has 2 fully saturated rings. The molecule has 1 saturated heterocycles. The Bertz CT molecular complexity index is 458. The molecule has 2 N–H and O–H groups in total. The van der Waals surface area contributed by atoms with Crippen LogP contribution in [-0.4, -0.2) is 47.4 Å². The van der Waals surface area contributed by atoms with Crippen LogP contribution < -0.4 is 5.73 Å². The molecule has 0 radical (unpaired) electrons. The van der Waals surface area contributed by atoms with E-state index in [1.807, 2.05) is 17.0 Å². The van der Waals surface area contributed by atoms with Crippen molar-refractivity contribution < 1.29 is 9.21 Å². The number of rotatable bonds is 3. The standard InChI is InChI=1S/C16H25N3O2/c17-16(6-2-1-3-7-16)15(20)19-10-8-18(9-11-19)13-14-5-4-12-21-14/h4-5,12H,1-3,6-11,13,17H2. The van der Waals surface area contributed by atoms with Crippen molar-refractivity contribution in [2.24, 2.45) is 5.73 Å². The first-order valence-electron chi connectivity index (χ1n) is 8.00. The number of nitrogens with two attached hydrogens (primary N) is 1. The summed E-state index contributed by atoms with van der Waals surface area (Å²) in [5.74, 6) is 1.15. The Kier molecular flexibility index (Phi) is 4.31. The van der Waals surface area contributed by atoms with Crippen LogP contribution in [0, 0.1) is 0 Å². The predicted molar refractivity (Wildman–Crippen MR) is 80.6 cm³/mol. The van der Waals surface area contributed by atoms with Gasteiger partial charge < -0.3 is 15.1 Å². The second-order valence-electron chi connectivity index (χ2n) is 6.36. The lowest BCUT2D eigenvalue weighted by Gasteiger charge is -2.40.